The molecule has 0 aliphatic carbocycles. The van der Waals surface area contributed by atoms with Crippen LogP contribution in [0.25, 0.3) is 0 Å². The summed E-state index contributed by atoms with van der Waals surface area (Å²) in [6, 6.07) is 1.98. The average molecular weight is 291 g/mol. The number of halogens is 1. The van der Waals surface area contributed by atoms with Gasteiger partial charge < -0.3 is 4.74 Å². The number of ketones is 1. The van der Waals surface area contributed by atoms with Gasteiger partial charge in [0.05, 0.1) is 0 Å². The zero-order valence-electron chi connectivity index (χ0n) is 9.17. The fourth-order valence-corrected chi connectivity index (χ4v) is 2.71. The summed E-state index contributed by atoms with van der Waals surface area (Å²) in [6.07, 6.45) is 0.448. The van der Waals surface area contributed by atoms with E-state index in [0.717, 1.165) is 9.35 Å². The summed E-state index contributed by atoms with van der Waals surface area (Å²) in [4.78, 5) is 13.0. The van der Waals surface area contributed by atoms with Gasteiger partial charge in [-0.05, 0) is 42.8 Å². The Bertz CT molecular complexity index is 344. The van der Waals surface area contributed by atoms with E-state index in [0.29, 0.717) is 13.0 Å². The third-order valence-electron chi connectivity index (χ3n) is 2.13. The van der Waals surface area contributed by atoms with Gasteiger partial charge in [-0.15, -0.1) is 11.3 Å². The van der Waals surface area contributed by atoms with Crippen molar-refractivity contribution in [3.8, 4) is 0 Å². The molecule has 0 atom stereocenters. The van der Waals surface area contributed by atoms with Crippen molar-refractivity contribution < 1.29 is 9.53 Å². The summed E-state index contributed by atoms with van der Waals surface area (Å²) in [5.74, 6) is 0.124. The summed E-state index contributed by atoms with van der Waals surface area (Å²) >= 11 is 4.96. The maximum atomic E-state index is 11.9. The molecule has 84 valence electrons. The van der Waals surface area contributed by atoms with Crippen LogP contribution in [0.5, 0.6) is 0 Å². The minimum absolute atomic E-state index is 0.124. The molecule has 0 saturated heterocycles. The maximum Gasteiger partial charge on any atom is 0.169 e. The molecule has 0 fully saturated rings. The van der Waals surface area contributed by atoms with Gasteiger partial charge in [0.1, 0.15) is 5.60 Å². The Hall–Kier alpha value is -0.190. The molecule has 1 aromatic rings. The largest absolute Gasteiger partial charge is 0.368 e. The van der Waals surface area contributed by atoms with Crippen LogP contribution in [-0.4, -0.2) is 18.0 Å². The maximum absolute atomic E-state index is 11.9. The molecule has 1 heterocycles. The van der Waals surface area contributed by atoms with Gasteiger partial charge in [-0.2, -0.15) is 0 Å². The molecule has 0 bridgehead atoms. The second-order valence-corrected chi connectivity index (χ2v) is 5.69. The first-order valence-corrected chi connectivity index (χ1v) is 6.53. The Morgan fingerprint density at radius 1 is 1.60 bits per heavy atom. The number of hydrogen-bond acceptors (Lipinski definition) is 3. The lowest BCUT2D eigenvalue weighted by Gasteiger charge is -2.22. The van der Waals surface area contributed by atoms with Crippen molar-refractivity contribution in [2.75, 3.05) is 6.61 Å². The molecule has 1 aromatic heterocycles. The standard InChI is InChI=1S/C11H15BrO2S/c1-4-14-11(2,3)10(13)6-9-5-8(12)7-15-9/h5,7H,4,6H2,1-3H3. The highest BCUT2D eigenvalue weighted by atomic mass is 79.9. The molecule has 0 unspecified atom stereocenters. The first-order chi connectivity index (χ1) is 6.95. The van der Waals surface area contributed by atoms with Gasteiger partial charge in [-0.25, -0.2) is 0 Å². The molecular formula is C11H15BrO2S. The minimum Gasteiger partial charge on any atom is -0.368 e. The van der Waals surface area contributed by atoms with Crippen LogP contribution in [0.15, 0.2) is 15.9 Å². The quantitative estimate of drug-likeness (QED) is 0.830. The minimum atomic E-state index is -0.675. The molecule has 0 saturated carbocycles. The van der Waals surface area contributed by atoms with Gasteiger partial charge in [0.15, 0.2) is 5.78 Å². The third-order valence-corrected chi connectivity index (χ3v) is 3.83. The lowest BCUT2D eigenvalue weighted by molar-refractivity contribution is -0.139. The van der Waals surface area contributed by atoms with Crippen LogP contribution in [0.4, 0.5) is 0 Å². The van der Waals surface area contributed by atoms with Gasteiger partial charge in [0.25, 0.3) is 0 Å². The Morgan fingerprint density at radius 2 is 2.27 bits per heavy atom. The number of carbonyl (C=O) groups excluding carboxylic acids is 1. The van der Waals surface area contributed by atoms with E-state index in [2.05, 4.69) is 15.9 Å². The molecule has 15 heavy (non-hydrogen) atoms. The summed E-state index contributed by atoms with van der Waals surface area (Å²) in [5, 5.41) is 1.98. The lowest BCUT2D eigenvalue weighted by atomic mass is 10.00. The highest BCUT2D eigenvalue weighted by Crippen LogP contribution is 2.22. The van der Waals surface area contributed by atoms with Crippen LogP contribution >= 0.6 is 27.3 Å². The highest BCUT2D eigenvalue weighted by molar-refractivity contribution is 9.10. The number of Topliss-reactive ketones (excluding diaryl/α,β-unsaturated/α-hetero) is 1. The molecule has 2 nitrogen and oxygen atoms in total. The molecule has 4 heteroatoms. The summed E-state index contributed by atoms with van der Waals surface area (Å²) in [5.41, 5.74) is -0.675. The number of ether oxygens (including phenoxy) is 1. The SMILES string of the molecule is CCOC(C)(C)C(=O)Cc1cc(Br)cs1. The van der Waals surface area contributed by atoms with Crippen LogP contribution in [0.2, 0.25) is 0 Å². The van der Waals surface area contributed by atoms with E-state index in [9.17, 15) is 4.79 Å². The number of rotatable bonds is 5. The van der Waals surface area contributed by atoms with Crippen LogP contribution in [0.3, 0.4) is 0 Å². The zero-order valence-corrected chi connectivity index (χ0v) is 11.6. The number of thiophene rings is 1. The van der Waals surface area contributed by atoms with E-state index in [1.165, 1.54) is 0 Å². The first kappa shape index (κ1) is 12.9. The lowest BCUT2D eigenvalue weighted by Crippen LogP contribution is -2.36. The smallest absolute Gasteiger partial charge is 0.169 e. The van der Waals surface area contributed by atoms with E-state index in [-0.39, 0.29) is 5.78 Å². The molecule has 0 aliphatic heterocycles. The molecule has 1 rings (SSSR count). The Kier molecular flexibility index (Phi) is 4.49. The van der Waals surface area contributed by atoms with Crippen LogP contribution in [-0.2, 0) is 16.0 Å². The molecule has 0 radical (unpaired) electrons. The van der Waals surface area contributed by atoms with E-state index in [1.807, 2.05) is 32.2 Å². The second kappa shape index (κ2) is 5.23. The van der Waals surface area contributed by atoms with Crippen molar-refractivity contribution in [3.05, 3.63) is 20.8 Å². The second-order valence-electron chi connectivity index (χ2n) is 3.77. The first-order valence-electron chi connectivity index (χ1n) is 4.86. The van der Waals surface area contributed by atoms with E-state index >= 15 is 0 Å². The molecular weight excluding hydrogens is 276 g/mol. The Balaban J connectivity index is 2.63. The van der Waals surface area contributed by atoms with Gasteiger partial charge >= 0.3 is 0 Å². The highest BCUT2D eigenvalue weighted by Gasteiger charge is 2.27. The summed E-state index contributed by atoms with van der Waals surface area (Å²) < 4.78 is 6.45. The van der Waals surface area contributed by atoms with Crippen molar-refractivity contribution in [1.82, 2.24) is 0 Å². The molecule has 0 amide bonds. The predicted octanol–water partition coefficient (Wildman–Crippen LogP) is 3.44. The zero-order chi connectivity index (χ0) is 11.5. The topological polar surface area (TPSA) is 26.3 Å². The van der Waals surface area contributed by atoms with E-state index in [1.54, 1.807) is 11.3 Å². The fourth-order valence-electron chi connectivity index (χ4n) is 1.26. The van der Waals surface area contributed by atoms with Crippen LogP contribution < -0.4 is 0 Å². The molecule has 0 aliphatic rings. The monoisotopic (exact) mass is 290 g/mol. The molecule has 0 spiro atoms. The van der Waals surface area contributed by atoms with Crippen molar-refractivity contribution in [1.29, 1.82) is 0 Å². The summed E-state index contributed by atoms with van der Waals surface area (Å²) in [6.45, 7) is 6.10. The van der Waals surface area contributed by atoms with Crippen LogP contribution in [0.1, 0.15) is 25.6 Å². The van der Waals surface area contributed by atoms with Gasteiger partial charge in [0.2, 0.25) is 0 Å². The molecule has 0 N–H and O–H groups in total. The van der Waals surface area contributed by atoms with E-state index in [4.69, 9.17) is 4.74 Å². The van der Waals surface area contributed by atoms with Crippen LogP contribution in [0, 0.1) is 0 Å². The molecule has 0 aromatic carbocycles. The van der Waals surface area contributed by atoms with Crippen molar-refractivity contribution in [2.24, 2.45) is 0 Å². The summed E-state index contributed by atoms with van der Waals surface area (Å²) in [7, 11) is 0. The average Bonchev–Trinajstić information content (AvgIpc) is 2.51. The van der Waals surface area contributed by atoms with Gasteiger partial charge in [-0.1, -0.05) is 0 Å². The predicted molar refractivity (Wildman–Crippen MR) is 66.4 cm³/mol. The Labute approximate surface area is 103 Å². The van der Waals surface area contributed by atoms with Crippen molar-refractivity contribution in [2.45, 2.75) is 32.8 Å². The normalized spacial score (nSPS) is 11.7. The third kappa shape index (κ3) is 3.70. The Morgan fingerprint density at radius 3 is 2.73 bits per heavy atom. The van der Waals surface area contributed by atoms with Crippen molar-refractivity contribution in [3.63, 3.8) is 0 Å². The van der Waals surface area contributed by atoms with Gasteiger partial charge in [-0.3, -0.25) is 4.79 Å². The van der Waals surface area contributed by atoms with Gasteiger partial charge in [0, 0.05) is 27.8 Å². The van der Waals surface area contributed by atoms with Crippen molar-refractivity contribution >= 4 is 33.0 Å². The number of hydrogen-bond donors (Lipinski definition) is 0. The number of carbonyl (C=O) groups is 1. The fraction of sp³-hybridized carbons (Fsp3) is 0.545. The van der Waals surface area contributed by atoms with E-state index < -0.39 is 5.60 Å².